The molecule has 0 radical (unpaired) electrons. The van der Waals surface area contributed by atoms with Crippen LogP contribution in [0.15, 0.2) is 24.3 Å². The van der Waals surface area contributed by atoms with Crippen molar-refractivity contribution >= 4 is 0 Å². The van der Waals surface area contributed by atoms with E-state index >= 15 is 0 Å². The van der Waals surface area contributed by atoms with Crippen LogP contribution in [-0.4, -0.2) is 0 Å². The molecule has 0 amide bonds. The Hall–Kier alpha value is -1.43. The fourth-order valence-electron chi connectivity index (χ4n) is 2.17. The summed E-state index contributed by atoms with van der Waals surface area (Å²) in [6.45, 7) is 0. The van der Waals surface area contributed by atoms with E-state index in [9.17, 15) is 13.2 Å². The van der Waals surface area contributed by atoms with E-state index in [4.69, 9.17) is 0 Å². The minimum atomic E-state index is -4.27. The van der Waals surface area contributed by atoms with Gasteiger partial charge in [0.15, 0.2) is 0 Å². The first-order valence-corrected chi connectivity index (χ1v) is 6.24. The molecule has 0 N–H and O–H groups in total. The summed E-state index contributed by atoms with van der Waals surface area (Å²) >= 11 is 0. The molecule has 1 saturated carbocycles. The molecule has 0 atom stereocenters. The van der Waals surface area contributed by atoms with Crippen LogP contribution >= 0.6 is 0 Å². The molecule has 3 heteroatoms. The summed E-state index contributed by atoms with van der Waals surface area (Å²) in [4.78, 5) is 0. The molecular formula is C15H15F3. The molecule has 0 unspecified atom stereocenters. The average Bonchev–Trinajstić information content (AvgIpc) is 2.37. The van der Waals surface area contributed by atoms with Crippen molar-refractivity contribution in [1.82, 2.24) is 0 Å². The molecular weight excluding hydrogens is 237 g/mol. The quantitative estimate of drug-likeness (QED) is 0.590. The van der Waals surface area contributed by atoms with Gasteiger partial charge in [-0.25, -0.2) is 0 Å². The van der Waals surface area contributed by atoms with Gasteiger partial charge in [-0.15, -0.1) is 0 Å². The van der Waals surface area contributed by atoms with E-state index in [-0.39, 0.29) is 0 Å². The highest BCUT2D eigenvalue weighted by Gasteiger charge is 2.29. The van der Waals surface area contributed by atoms with Gasteiger partial charge in [0.25, 0.3) is 0 Å². The molecule has 2 rings (SSSR count). The van der Waals surface area contributed by atoms with Crippen molar-refractivity contribution in [2.45, 2.75) is 38.3 Å². The van der Waals surface area contributed by atoms with Gasteiger partial charge in [-0.2, -0.15) is 13.2 Å². The molecule has 96 valence electrons. The molecule has 1 aliphatic rings. The highest BCUT2D eigenvalue weighted by molar-refractivity contribution is 5.37. The second-order valence-electron chi connectivity index (χ2n) is 4.68. The first-order valence-electron chi connectivity index (χ1n) is 6.24. The number of hydrogen-bond donors (Lipinski definition) is 0. The van der Waals surface area contributed by atoms with Crippen LogP contribution in [0.5, 0.6) is 0 Å². The SMILES string of the molecule is FC(F)(F)c1ccc(C#CC2CCCCC2)cc1. The molecule has 0 aliphatic heterocycles. The van der Waals surface area contributed by atoms with Crippen molar-refractivity contribution < 1.29 is 13.2 Å². The van der Waals surface area contributed by atoms with Gasteiger partial charge in [0.2, 0.25) is 0 Å². The Morgan fingerprint density at radius 2 is 1.56 bits per heavy atom. The molecule has 0 saturated heterocycles. The smallest absolute Gasteiger partial charge is 0.166 e. The van der Waals surface area contributed by atoms with Crippen molar-refractivity contribution in [3.63, 3.8) is 0 Å². The minimum Gasteiger partial charge on any atom is -0.166 e. The van der Waals surface area contributed by atoms with Crippen LogP contribution in [0.1, 0.15) is 43.2 Å². The number of halogens is 3. The molecule has 1 aromatic rings. The summed E-state index contributed by atoms with van der Waals surface area (Å²) < 4.78 is 37.1. The molecule has 0 heterocycles. The number of alkyl halides is 3. The van der Waals surface area contributed by atoms with Crippen LogP contribution in [0.25, 0.3) is 0 Å². The van der Waals surface area contributed by atoms with Crippen LogP contribution in [-0.2, 0) is 6.18 Å². The molecule has 0 bridgehead atoms. The summed E-state index contributed by atoms with van der Waals surface area (Å²) in [5, 5.41) is 0. The van der Waals surface area contributed by atoms with Crippen LogP contribution in [0.2, 0.25) is 0 Å². The normalized spacial score (nSPS) is 17.1. The Morgan fingerprint density at radius 1 is 0.944 bits per heavy atom. The first kappa shape index (κ1) is 13.0. The maximum Gasteiger partial charge on any atom is 0.416 e. The third-order valence-electron chi connectivity index (χ3n) is 3.24. The van der Waals surface area contributed by atoms with Gasteiger partial charge in [0, 0.05) is 11.5 Å². The van der Waals surface area contributed by atoms with E-state index in [1.54, 1.807) is 0 Å². The Morgan fingerprint density at radius 3 is 2.11 bits per heavy atom. The Bertz CT molecular complexity index is 439. The van der Waals surface area contributed by atoms with Gasteiger partial charge in [-0.3, -0.25) is 0 Å². The first-order chi connectivity index (χ1) is 8.55. The van der Waals surface area contributed by atoms with Crippen molar-refractivity contribution in [1.29, 1.82) is 0 Å². The lowest BCUT2D eigenvalue weighted by Gasteiger charge is -2.15. The Balaban J connectivity index is 2.04. The van der Waals surface area contributed by atoms with Gasteiger partial charge in [0.1, 0.15) is 0 Å². The molecule has 0 aromatic heterocycles. The highest BCUT2D eigenvalue weighted by atomic mass is 19.4. The Kier molecular flexibility index (Phi) is 3.96. The summed E-state index contributed by atoms with van der Waals surface area (Å²) in [5.74, 6) is 6.56. The van der Waals surface area contributed by atoms with Gasteiger partial charge in [-0.1, -0.05) is 31.1 Å². The summed E-state index contributed by atoms with van der Waals surface area (Å²) in [6, 6.07) is 5.06. The summed E-state index contributed by atoms with van der Waals surface area (Å²) in [5.41, 5.74) is 0.0410. The van der Waals surface area contributed by atoms with Gasteiger partial charge < -0.3 is 0 Å². The van der Waals surface area contributed by atoms with Gasteiger partial charge in [0.05, 0.1) is 5.56 Å². The van der Waals surface area contributed by atoms with E-state index in [1.807, 2.05) is 0 Å². The van der Waals surface area contributed by atoms with E-state index < -0.39 is 11.7 Å². The van der Waals surface area contributed by atoms with E-state index in [1.165, 1.54) is 31.4 Å². The fraction of sp³-hybridized carbons (Fsp3) is 0.467. The number of rotatable bonds is 0. The largest absolute Gasteiger partial charge is 0.416 e. The maximum absolute atomic E-state index is 12.4. The van der Waals surface area contributed by atoms with Crippen LogP contribution in [0.3, 0.4) is 0 Å². The van der Waals surface area contributed by atoms with Crippen molar-refractivity contribution in [2.24, 2.45) is 5.92 Å². The van der Waals surface area contributed by atoms with Crippen molar-refractivity contribution in [3.8, 4) is 11.8 Å². The average molecular weight is 252 g/mol. The fourth-order valence-corrected chi connectivity index (χ4v) is 2.17. The predicted octanol–water partition coefficient (Wildman–Crippen LogP) is 4.64. The zero-order valence-electron chi connectivity index (χ0n) is 10.1. The number of hydrogen-bond acceptors (Lipinski definition) is 0. The van der Waals surface area contributed by atoms with Crippen LogP contribution in [0, 0.1) is 17.8 Å². The Labute approximate surface area is 105 Å². The standard InChI is InChI=1S/C15H15F3/c16-15(17,18)14-10-8-13(9-11-14)7-6-12-4-2-1-3-5-12/h8-12H,1-5H2. The van der Waals surface area contributed by atoms with Crippen LogP contribution in [0.4, 0.5) is 13.2 Å². The van der Waals surface area contributed by atoms with E-state index in [0.717, 1.165) is 25.0 Å². The van der Waals surface area contributed by atoms with E-state index in [0.29, 0.717) is 11.5 Å². The molecule has 0 nitrogen and oxygen atoms in total. The van der Waals surface area contributed by atoms with Crippen molar-refractivity contribution in [3.05, 3.63) is 35.4 Å². The molecule has 1 aliphatic carbocycles. The highest BCUT2D eigenvalue weighted by Crippen LogP contribution is 2.29. The molecule has 0 spiro atoms. The second-order valence-corrected chi connectivity index (χ2v) is 4.68. The molecule has 1 aromatic carbocycles. The maximum atomic E-state index is 12.4. The minimum absolute atomic E-state index is 0.418. The third kappa shape index (κ3) is 3.53. The lowest BCUT2D eigenvalue weighted by atomic mass is 9.89. The third-order valence-corrected chi connectivity index (χ3v) is 3.24. The lowest BCUT2D eigenvalue weighted by molar-refractivity contribution is -0.137. The molecule has 1 fully saturated rings. The zero-order valence-corrected chi connectivity index (χ0v) is 10.1. The second kappa shape index (κ2) is 5.48. The molecule has 18 heavy (non-hydrogen) atoms. The number of benzene rings is 1. The topological polar surface area (TPSA) is 0 Å². The van der Waals surface area contributed by atoms with Gasteiger partial charge >= 0.3 is 6.18 Å². The zero-order chi connectivity index (χ0) is 13.0. The van der Waals surface area contributed by atoms with Crippen molar-refractivity contribution in [2.75, 3.05) is 0 Å². The summed E-state index contributed by atoms with van der Waals surface area (Å²) in [7, 11) is 0. The van der Waals surface area contributed by atoms with Crippen LogP contribution < -0.4 is 0 Å². The monoisotopic (exact) mass is 252 g/mol. The predicted molar refractivity (Wildman–Crippen MR) is 64.9 cm³/mol. The summed E-state index contributed by atoms with van der Waals surface area (Å²) in [6.07, 6.45) is 1.67. The van der Waals surface area contributed by atoms with Gasteiger partial charge in [-0.05, 0) is 37.1 Å². The van der Waals surface area contributed by atoms with E-state index in [2.05, 4.69) is 11.8 Å². The lowest BCUT2D eigenvalue weighted by Crippen LogP contribution is -2.04.